The summed E-state index contributed by atoms with van der Waals surface area (Å²) in [6.07, 6.45) is 8.00. The zero-order valence-corrected chi connectivity index (χ0v) is 19.2. The lowest BCUT2D eigenvalue weighted by atomic mass is 10.1. The Kier molecular flexibility index (Phi) is 10.1. The summed E-state index contributed by atoms with van der Waals surface area (Å²) in [4.78, 5) is 0. The number of hydrogen-bond donors (Lipinski definition) is 1. The molecule has 0 aliphatic heterocycles. The molecule has 3 aromatic carbocycles. The van der Waals surface area contributed by atoms with Crippen molar-refractivity contribution in [2.75, 3.05) is 0 Å². The highest BCUT2D eigenvalue weighted by atomic mass is 32.3. The van der Waals surface area contributed by atoms with E-state index in [0.717, 1.165) is 29.9 Å². The maximum Gasteiger partial charge on any atom is 0.446 e. The molecule has 6 heteroatoms. The number of ether oxygens (including phenoxy) is 1. The standard InChI is InChI=1S/C18H18O.C9H10O4S/c1-3-5-15-7-11-17(12-8-15)19-18-13-9-16(6-4-2)10-14-18;1-2-3-8-4-6-9(7-5-8)13-14(10,11)12/h3-4,7-14H,1-2,5-6H2;2,4-7H,1,3H2,(H,10,11,12). The number of benzene rings is 3. The average Bonchev–Trinajstić information content (AvgIpc) is 2.78. The molecule has 1 N–H and O–H groups in total. The smallest absolute Gasteiger partial charge is 0.446 e. The summed E-state index contributed by atoms with van der Waals surface area (Å²) in [5.74, 6) is 1.79. The highest BCUT2D eigenvalue weighted by Gasteiger charge is 2.05. The van der Waals surface area contributed by atoms with Crippen LogP contribution in [0, 0.1) is 0 Å². The lowest BCUT2D eigenvalue weighted by Crippen LogP contribution is -2.06. The van der Waals surface area contributed by atoms with E-state index in [0.29, 0.717) is 6.42 Å². The van der Waals surface area contributed by atoms with Gasteiger partial charge in [-0.25, -0.2) is 0 Å². The molecule has 0 aromatic heterocycles. The molecule has 172 valence electrons. The summed E-state index contributed by atoms with van der Waals surface area (Å²) in [6.45, 7) is 11.0. The largest absolute Gasteiger partial charge is 0.457 e. The molecule has 3 rings (SSSR count). The van der Waals surface area contributed by atoms with Gasteiger partial charge in [0.1, 0.15) is 17.2 Å². The predicted molar refractivity (Wildman–Crippen MR) is 133 cm³/mol. The molecule has 33 heavy (non-hydrogen) atoms. The molecule has 0 spiro atoms. The van der Waals surface area contributed by atoms with Crippen LogP contribution >= 0.6 is 0 Å². The van der Waals surface area contributed by atoms with Crippen molar-refractivity contribution in [2.24, 2.45) is 0 Å². The molecule has 0 heterocycles. The molecular formula is C27H28O5S. The molecule has 0 atom stereocenters. The van der Waals surface area contributed by atoms with Gasteiger partial charge in [-0.15, -0.1) is 19.7 Å². The highest BCUT2D eigenvalue weighted by molar-refractivity contribution is 7.81. The second-order valence-corrected chi connectivity index (χ2v) is 8.05. The van der Waals surface area contributed by atoms with Gasteiger partial charge < -0.3 is 8.92 Å². The topological polar surface area (TPSA) is 72.8 Å². The fourth-order valence-electron chi connectivity index (χ4n) is 2.83. The Morgan fingerprint density at radius 2 is 0.909 bits per heavy atom. The molecule has 3 aromatic rings. The molecule has 0 bridgehead atoms. The van der Waals surface area contributed by atoms with Crippen LogP contribution in [0.1, 0.15) is 16.7 Å². The third-order valence-corrected chi connectivity index (χ3v) is 4.75. The van der Waals surface area contributed by atoms with E-state index in [9.17, 15) is 8.42 Å². The van der Waals surface area contributed by atoms with Gasteiger partial charge in [0.2, 0.25) is 0 Å². The van der Waals surface area contributed by atoms with Crippen LogP contribution in [0.5, 0.6) is 17.2 Å². The Morgan fingerprint density at radius 1 is 0.606 bits per heavy atom. The van der Waals surface area contributed by atoms with Crippen molar-refractivity contribution >= 4 is 10.4 Å². The second-order valence-electron chi connectivity index (χ2n) is 7.02. The molecule has 5 nitrogen and oxygen atoms in total. The maximum atomic E-state index is 10.3. The first kappa shape index (κ1) is 25.6. The third-order valence-electron chi connectivity index (χ3n) is 4.35. The Morgan fingerprint density at radius 3 is 1.18 bits per heavy atom. The van der Waals surface area contributed by atoms with Crippen LogP contribution in [-0.4, -0.2) is 13.0 Å². The molecule has 0 unspecified atom stereocenters. The molecule has 0 saturated heterocycles. The monoisotopic (exact) mass is 464 g/mol. The zero-order valence-electron chi connectivity index (χ0n) is 18.4. The molecule has 0 amide bonds. The lowest BCUT2D eigenvalue weighted by molar-refractivity contribution is 0.387. The van der Waals surface area contributed by atoms with Gasteiger partial charge >= 0.3 is 10.4 Å². The lowest BCUT2D eigenvalue weighted by Gasteiger charge is -2.07. The van der Waals surface area contributed by atoms with Crippen LogP contribution in [0.4, 0.5) is 0 Å². The summed E-state index contributed by atoms with van der Waals surface area (Å²) >= 11 is 0. The SMILES string of the molecule is C=CCc1ccc(OS(=O)(=O)O)cc1.C=CCc1ccc(Oc2ccc(CC=C)cc2)cc1. The Hall–Kier alpha value is -3.61. The van der Waals surface area contributed by atoms with E-state index in [4.69, 9.17) is 9.29 Å². The predicted octanol–water partition coefficient (Wildman–Crippen LogP) is 6.53. The van der Waals surface area contributed by atoms with E-state index >= 15 is 0 Å². The zero-order chi connectivity index (χ0) is 24.1. The van der Waals surface area contributed by atoms with E-state index in [1.165, 1.54) is 23.3 Å². The van der Waals surface area contributed by atoms with Crippen molar-refractivity contribution in [3.63, 3.8) is 0 Å². The van der Waals surface area contributed by atoms with Gasteiger partial charge in [0.15, 0.2) is 0 Å². The van der Waals surface area contributed by atoms with Gasteiger partial charge in [-0.2, -0.15) is 8.42 Å². The van der Waals surface area contributed by atoms with Crippen LogP contribution < -0.4 is 8.92 Å². The van der Waals surface area contributed by atoms with Crippen molar-refractivity contribution in [1.29, 1.82) is 0 Å². The van der Waals surface area contributed by atoms with Crippen LogP contribution in [0.15, 0.2) is 111 Å². The van der Waals surface area contributed by atoms with Gasteiger partial charge in [-0.3, -0.25) is 4.55 Å². The van der Waals surface area contributed by atoms with E-state index in [1.807, 2.05) is 36.4 Å². The quantitative estimate of drug-likeness (QED) is 0.273. The van der Waals surface area contributed by atoms with Crippen molar-refractivity contribution in [1.82, 2.24) is 0 Å². The fraction of sp³-hybridized carbons (Fsp3) is 0.111. The van der Waals surface area contributed by atoms with Crippen LogP contribution in [0.2, 0.25) is 0 Å². The Balaban J connectivity index is 0.000000245. The van der Waals surface area contributed by atoms with Crippen LogP contribution in [0.25, 0.3) is 0 Å². The first-order valence-corrected chi connectivity index (χ1v) is 11.6. The number of rotatable bonds is 10. The molecule has 0 aliphatic rings. The van der Waals surface area contributed by atoms with Crippen molar-refractivity contribution in [3.8, 4) is 17.2 Å². The summed E-state index contributed by atoms with van der Waals surface area (Å²) in [5, 5.41) is 0. The normalized spacial score (nSPS) is 10.3. The minimum Gasteiger partial charge on any atom is -0.457 e. The summed E-state index contributed by atoms with van der Waals surface area (Å²) in [6, 6.07) is 22.5. The minimum absolute atomic E-state index is 0.0836. The Labute approximate surface area is 196 Å². The average molecular weight is 465 g/mol. The van der Waals surface area contributed by atoms with E-state index in [2.05, 4.69) is 48.2 Å². The summed E-state index contributed by atoms with van der Waals surface area (Å²) < 4.78 is 39.1. The molecule has 0 aliphatic carbocycles. The van der Waals surface area contributed by atoms with Gasteiger partial charge in [0.05, 0.1) is 0 Å². The van der Waals surface area contributed by atoms with Gasteiger partial charge in [-0.05, 0) is 72.4 Å². The molecule has 0 fully saturated rings. The molecule has 0 saturated carbocycles. The fourth-order valence-corrected chi connectivity index (χ4v) is 3.18. The van der Waals surface area contributed by atoms with E-state index in [-0.39, 0.29) is 5.75 Å². The van der Waals surface area contributed by atoms with Gasteiger partial charge in [-0.1, -0.05) is 54.6 Å². The van der Waals surface area contributed by atoms with Crippen LogP contribution in [-0.2, 0) is 29.7 Å². The van der Waals surface area contributed by atoms with Gasteiger partial charge in [0.25, 0.3) is 0 Å². The van der Waals surface area contributed by atoms with E-state index in [1.54, 1.807) is 18.2 Å². The minimum atomic E-state index is -4.42. The van der Waals surface area contributed by atoms with Crippen molar-refractivity contribution in [3.05, 3.63) is 127 Å². The summed E-state index contributed by atoms with van der Waals surface area (Å²) in [5.41, 5.74) is 3.47. The number of hydrogen-bond acceptors (Lipinski definition) is 4. The maximum absolute atomic E-state index is 10.3. The van der Waals surface area contributed by atoms with Gasteiger partial charge in [0, 0.05) is 0 Å². The summed E-state index contributed by atoms with van der Waals surface area (Å²) in [7, 11) is -4.42. The van der Waals surface area contributed by atoms with Crippen LogP contribution in [0.3, 0.4) is 0 Å². The van der Waals surface area contributed by atoms with Crippen molar-refractivity contribution < 1.29 is 21.9 Å². The van der Waals surface area contributed by atoms with E-state index < -0.39 is 10.4 Å². The number of allylic oxidation sites excluding steroid dienone is 3. The highest BCUT2D eigenvalue weighted by Crippen LogP contribution is 2.22. The molecular weight excluding hydrogens is 436 g/mol. The van der Waals surface area contributed by atoms with Crippen molar-refractivity contribution in [2.45, 2.75) is 19.3 Å². The first-order valence-electron chi connectivity index (χ1n) is 10.3. The third kappa shape index (κ3) is 10.0. The molecule has 0 radical (unpaired) electrons. The Bertz CT molecular complexity index is 1080. The second kappa shape index (κ2) is 13.1. The first-order chi connectivity index (χ1) is 15.8.